The highest BCUT2D eigenvalue weighted by molar-refractivity contribution is 6.23. The highest BCUT2D eigenvalue weighted by Crippen LogP contribution is 2.36. The van der Waals surface area contributed by atoms with Crippen molar-refractivity contribution in [2.45, 2.75) is 161 Å². The maximum Gasteiger partial charge on any atom is 0.306 e. The summed E-state index contributed by atoms with van der Waals surface area (Å²) in [6, 6.07) is 7.88. The Balaban J connectivity index is 1.06. The number of fused-ring (bicyclic) bond motifs is 3. The monoisotopic (exact) mass is 601 g/mol. The fourth-order valence-corrected chi connectivity index (χ4v) is 7.67. The lowest BCUT2D eigenvalue weighted by Crippen LogP contribution is -2.49. The molecule has 2 aliphatic carbocycles. The number of carbonyl (C=O) groups is 3. The minimum Gasteiger partial charge on any atom is -0.460 e. The molecule has 0 aromatic heterocycles. The van der Waals surface area contributed by atoms with E-state index >= 15 is 0 Å². The number of ether oxygens (including phenoxy) is 1. The minimum absolute atomic E-state index is 0.188. The van der Waals surface area contributed by atoms with Crippen molar-refractivity contribution < 1.29 is 19.1 Å². The summed E-state index contributed by atoms with van der Waals surface area (Å²) in [4.78, 5) is 41.6. The number of benzene rings is 2. The second kappa shape index (κ2) is 16.0. The van der Waals surface area contributed by atoms with Crippen molar-refractivity contribution in [1.82, 2.24) is 4.90 Å². The number of nitrogens with zero attached hydrogens (tertiary/aromatic N) is 1. The van der Waals surface area contributed by atoms with E-state index in [0.717, 1.165) is 55.2 Å². The van der Waals surface area contributed by atoms with E-state index in [-0.39, 0.29) is 23.8 Å². The first-order valence-electron chi connectivity index (χ1n) is 18.1. The van der Waals surface area contributed by atoms with Crippen LogP contribution < -0.4 is 0 Å². The molecule has 1 heterocycles. The Hall–Kier alpha value is -2.69. The Morgan fingerprint density at radius 3 is 1.84 bits per heavy atom. The molecular weight excluding hydrogens is 546 g/mol. The SMILES string of the molecule is CC[C@H](C)CCCCCCCCCCCCC(=O)O[C@@H]1CCCC[C@H]1N1C(=O)c2cc3cc4c(cc3cc2C1=O)CCCC4. The number of unbranched alkanes of at least 4 members (excludes halogenated alkanes) is 9. The standard InChI is InChI=1S/C39H55NO4/c1-3-28(2)18-12-10-8-6-4-5-7-9-11-13-23-37(41)44-36-22-17-16-21-35(36)40-38(42)33-26-31-24-29-19-14-15-20-30(29)25-32(31)27-34(33)39(40)43/h24-28,35-36H,3-23H2,1-2H3/t28-,35+,36+/m0/s1. The molecule has 3 atom stereocenters. The van der Waals surface area contributed by atoms with Gasteiger partial charge in [0.15, 0.2) is 0 Å². The van der Waals surface area contributed by atoms with Gasteiger partial charge in [0.2, 0.25) is 0 Å². The Morgan fingerprint density at radius 2 is 1.27 bits per heavy atom. The van der Waals surface area contributed by atoms with Crippen molar-refractivity contribution in [3.8, 4) is 0 Å². The van der Waals surface area contributed by atoms with Crippen molar-refractivity contribution in [3.63, 3.8) is 0 Å². The maximum absolute atomic E-state index is 13.7. The average molecular weight is 602 g/mol. The minimum atomic E-state index is -0.412. The largest absolute Gasteiger partial charge is 0.460 e. The van der Waals surface area contributed by atoms with Gasteiger partial charge in [-0.1, -0.05) is 103 Å². The van der Waals surface area contributed by atoms with Crippen LogP contribution in [0.5, 0.6) is 0 Å². The summed E-state index contributed by atoms with van der Waals surface area (Å²) >= 11 is 0. The molecule has 2 aromatic carbocycles. The van der Waals surface area contributed by atoms with Crippen LogP contribution in [-0.4, -0.2) is 34.8 Å². The van der Waals surface area contributed by atoms with Crippen LogP contribution in [0.1, 0.15) is 168 Å². The molecule has 0 saturated heterocycles. The van der Waals surface area contributed by atoms with Crippen LogP contribution in [0.25, 0.3) is 10.8 Å². The Kier molecular flexibility index (Phi) is 11.9. The molecule has 2 aromatic rings. The van der Waals surface area contributed by atoms with E-state index in [1.165, 1.54) is 93.1 Å². The number of amides is 2. The molecule has 240 valence electrons. The van der Waals surface area contributed by atoms with Gasteiger partial charge in [-0.3, -0.25) is 19.3 Å². The van der Waals surface area contributed by atoms with E-state index in [9.17, 15) is 14.4 Å². The molecule has 5 nitrogen and oxygen atoms in total. The van der Waals surface area contributed by atoms with Gasteiger partial charge in [-0.05, 0) is 91.3 Å². The predicted octanol–water partition coefficient (Wildman–Crippen LogP) is 9.90. The number of hydrogen-bond acceptors (Lipinski definition) is 4. The molecule has 1 aliphatic heterocycles. The fourth-order valence-electron chi connectivity index (χ4n) is 7.67. The lowest BCUT2D eigenvalue weighted by molar-refractivity contribution is -0.153. The normalized spacial score (nSPS) is 20.5. The topological polar surface area (TPSA) is 63.7 Å². The second-order valence-corrected chi connectivity index (χ2v) is 14.0. The summed E-state index contributed by atoms with van der Waals surface area (Å²) in [6.07, 6.45) is 22.9. The van der Waals surface area contributed by atoms with Crippen molar-refractivity contribution in [1.29, 1.82) is 0 Å². The highest BCUT2D eigenvalue weighted by Gasteiger charge is 2.45. The summed E-state index contributed by atoms with van der Waals surface area (Å²) in [7, 11) is 0. The van der Waals surface area contributed by atoms with Crippen LogP contribution in [0.15, 0.2) is 24.3 Å². The van der Waals surface area contributed by atoms with Crippen LogP contribution in [0.3, 0.4) is 0 Å². The molecule has 0 unspecified atom stereocenters. The first kappa shape index (κ1) is 32.7. The summed E-state index contributed by atoms with van der Waals surface area (Å²) < 4.78 is 5.99. The van der Waals surface area contributed by atoms with Crippen molar-refractivity contribution in [2.24, 2.45) is 5.92 Å². The first-order valence-corrected chi connectivity index (χ1v) is 18.1. The lowest BCUT2D eigenvalue weighted by Gasteiger charge is -2.36. The first-order chi connectivity index (χ1) is 21.5. The number of aryl methyl sites for hydroxylation is 2. The van der Waals surface area contributed by atoms with E-state index in [1.807, 2.05) is 12.1 Å². The van der Waals surface area contributed by atoms with Crippen LogP contribution in [0.4, 0.5) is 0 Å². The van der Waals surface area contributed by atoms with Crippen molar-refractivity contribution in [2.75, 3.05) is 0 Å². The van der Waals surface area contributed by atoms with E-state index < -0.39 is 6.10 Å². The third kappa shape index (κ3) is 8.12. The number of hydrogen-bond donors (Lipinski definition) is 0. The fraction of sp³-hybridized carbons (Fsp3) is 0.667. The Labute approximate surface area is 265 Å². The zero-order valence-corrected chi connectivity index (χ0v) is 27.5. The molecule has 44 heavy (non-hydrogen) atoms. The number of esters is 1. The van der Waals surface area contributed by atoms with Crippen LogP contribution in [0.2, 0.25) is 0 Å². The third-order valence-electron chi connectivity index (χ3n) is 10.6. The number of rotatable bonds is 16. The Morgan fingerprint density at radius 1 is 0.750 bits per heavy atom. The number of carbonyl (C=O) groups excluding carboxylic acids is 3. The summed E-state index contributed by atoms with van der Waals surface area (Å²) in [5.74, 6) is 0.221. The predicted molar refractivity (Wildman–Crippen MR) is 178 cm³/mol. The van der Waals surface area contributed by atoms with Gasteiger partial charge in [0.05, 0.1) is 17.2 Å². The van der Waals surface area contributed by atoms with Gasteiger partial charge in [0, 0.05) is 6.42 Å². The molecule has 5 rings (SSSR count). The molecule has 0 radical (unpaired) electrons. The average Bonchev–Trinajstić information content (AvgIpc) is 3.27. The molecule has 1 fully saturated rings. The van der Waals surface area contributed by atoms with Crippen molar-refractivity contribution >= 4 is 28.6 Å². The number of imide groups is 1. The molecule has 0 N–H and O–H groups in total. The van der Waals surface area contributed by atoms with Gasteiger partial charge in [-0.2, -0.15) is 0 Å². The molecule has 1 saturated carbocycles. The smallest absolute Gasteiger partial charge is 0.306 e. The third-order valence-corrected chi connectivity index (χ3v) is 10.6. The maximum atomic E-state index is 13.7. The van der Waals surface area contributed by atoms with Gasteiger partial charge in [-0.25, -0.2) is 0 Å². The molecule has 2 amide bonds. The van der Waals surface area contributed by atoms with Crippen LogP contribution in [-0.2, 0) is 22.4 Å². The van der Waals surface area contributed by atoms with Gasteiger partial charge in [-0.15, -0.1) is 0 Å². The zero-order valence-electron chi connectivity index (χ0n) is 27.5. The highest BCUT2D eigenvalue weighted by atomic mass is 16.5. The zero-order chi connectivity index (χ0) is 30.9. The summed E-state index contributed by atoms with van der Waals surface area (Å²) in [5, 5.41) is 2.07. The second-order valence-electron chi connectivity index (χ2n) is 14.0. The van der Waals surface area contributed by atoms with Gasteiger partial charge in [0.1, 0.15) is 6.10 Å². The molecule has 5 heteroatoms. The lowest BCUT2D eigenvalue weighted by atomic mass is 9.88. The summed E-state index contributed by atoms with van der Waals surface area (Å²) in [5.41, 5.74) is 3.73. The van der Waals surface area contributed by atoms with E-state index in [4.69, 9.17) is 4.74 Å². The van der Waals surface area contributed by atoms with E-state index in [2.05, 4.69) is 26.0 Å². The van der Waals surface area contributed by atoms with E-state index in [1.54, 1.807) is 0 Å². The van der Waals surface area contributed by atoms with Crippen LogP contribution in [0, 0.1) is 5.92 Å². The van der Waals surface area contributed by atoms with Gasteiger partial charge >= 0.3 is 5.97 Å². The quantitative estimate of drug-likeness (QED) is 0.109. The summed E-state index contributed by atoms with van der Waals surface area (Å²) in [6.45, 7) is 4.64. The molecule has 3 aliphatic rings. The van der Waals surface area contributed by atoms with E-state index in [0.29, 0.717) is 30.4 Å². The molecule has 0 spiro atoms. The van der Waals surface area contributed by atoms with Crippen LogP contribution >= 0.6 is 0 Å². The van der Waals surface area contributed by atoms with Crippen molar-refractivity contribution in [3.05, 3.63) is 46.5 Å². The molecular formula is C39H55NO4. The molecule has 0 bridgehead atoms. The Bertz CT molecular complexity index is 1230. The van der Waals surface area contributed by atoms with Gasteiger partial charge in [0.25, 0.3) is 11.8 Å². The van der Waals surface area contributed by atoms with Gasteiger partial charge < -0.3 is 4.74 Å².